The summed E-state index contributed by atoms with van der Waals surface area (Å²) in [5.74, 6) is -0.635. The third kappa shape index (κ3) is 2.77. The van der Waals surface area contributed by atoms with E-state index in [0.717, 1.165) is 6.42 Å². The molecule has 6 nitrogen and oxygen atoms in total. The first-order chi connectivity index (χ1) is 9.15. The molecule has 114 valence electrons. The number of hydrogen-bond donors (Lipinski definition) is 1. The van der Waals surface area contributed by atoms with E-state index in [1.165, 1.54) is 0 Å². The van der Waals surface area contributed by atoms with Crippen molar-refractivity contribution in [1.82, 2.24) is 5.32 Å². The Bertz CT molecular complexity index is 416. The summed E-state index contributed by atoms with van der Waals surface area (Å²) < 4.78 is 22.7. The maximum absolute atomic E-state index is 11.9. The third-order valence-corrected chi connectivity index (χ3v) is 3.69. The highest BCUT2D eigenvalue weighted by Gasteiger charge is 2.62. The molecule has 20 heavy (non-hydrogen) atoms. The van der Waals surface area contributed by atoms with Gasteiger partial charge in [0.25, 0.3) is 0 Å². The van der Waals surface area contributed by atoms with E-state index < -0.39 is 17.5 Å². The lowest BCUT2D eigenvalue weighted by Crippen LogP contribution is -2.53. The summed E-state index contributed by atoms with van der Waals surface area (Å²) in [5, 5.41) is 2.90. The van der Waals surface area contributed by atoms with Gasteiger partial charge in [-0.1, -0.05) is 0 Å². The van der Waals surface area contributed by atoms with Crippen molar-refractivity contribution < 1.29 is 23.7 Å². The molecule has 1 aliphatic carbocycles. The highest BCUT2D eigenvalue weighted by atomic mass is 16.8. The van der Waals surface area contributed by atoms with Gasteiger partial charge in [0.05, 0.1) is 12.1 Å². The summed E-state index contributed by atoms with van der Waals surface area (Å²) in [6, 6.07) is -0.139. The first kappa shape index (κ1) is 14.1. The molecule has 0 unspecified atom stereocenters. The molecule has 3 aliphatic rings. The van der Waals surface area contributed by atoms with Crippen LogP contribution in [-0.2, 0) is 18.9 Å². The molecule has 6 heteroatoms. The van der Waals surface area contributed by atoms with Crippen LogP contribution in [0.4, 0.5) is 4.79 Å². The van der Waals surface area contributed by atoms with E-state index in [1.54, 1.807) is 0 Å². The fourth-order valence-corrected chi connectivity index (χ4v) is 3.00. The molecular weight excluding hydrogens is 262 g/mol. The molecule has 2 heterocycles. The standard InChI is InChI=1S/C14H23NO5/c1-13(2,3)20-12(16)15-7-6-8-10(17-8)11-9(7)18-14(4,5)19-11/h7-11H,6H2,1-5H3,(H,15,16)/t7-,8+,9+,10+,11+/m1/s1. The number of rotatable bonds is 1. The van der Waals surface area contributed by atoms with Gasteiger partial charge in [-0.15, -0.1) is 0 Å². The zero-order valence-corrected chi connectivity index (χ0v) is 12.6. The van der Waals surface area contributed by atoms with E-state index in [9.17, 15) is 4.79 Å². The highest BCUT2D eigenvalue weighted by Crippen LogP contribution is 2.46. The molecule has 0 aromatic heterocycles. The van der Waals surface area contributed by atoms with Crippen LogP contribution in [0, 0.1) is 0 Å². The normalized spacial score (nSPS) is 41.5. The molecule has 0 radical (unpaired) electrons. The van der Waals surface area contributed by atoms with Crippen LogP contribution in [-0.4, -0.2) is 47.9 Å². The van der Waals surface area contributed by atoms with Gasteiger partial charge in [0.2, 0.25) is 0 Å². The molecule has 0 bridgehead atoms. The maximum atomic E-state index is 11.9. The predicted molar refractivity (Wildman–Crippen MR) is 70.3 cm³/mol. The van der Waals surface area contributed by atoms with Gasteiger partial charge in [-0.3, -0.25) is 0 Å². The van der Waals surface area contributed by atoms with Gasteiger partial charge in [0.15, 0.2) is 5.79 Å². The summed E-state index contributed by atoms with van der Waals surface area (Å²) >= 11 is 0. The quantitative estimate of drug-likeness (QED) is 0.741. The zero-order chi connectivity index (χ0) is 14.7. The average Bonchev–Trinajstić information content (AvgIpc) is 2.91. The second kappa shape index (κ2) is 4.32. The summed E-state index contributed by atoms with van der Waals surface area (Å²) in [6.07, 6.45) is 0.301. The van der Waals surface area contributed by atoms with Crippen LogP contribution in [0.15, 0.2) is 0 Å². The molecule has 1 N–H and O–H groups in total. The molecule has 3 fully saturated rings. The van der Waals surface area contributed by atoms with E-state index in [2.05, 4.69) is 5.32 Å². The minimum atomic E-state index is -0.635. The molecule has 1 amide bonds. The molecule has 2 saturated heterocycles. The van der Waals surface area contributed by atoms with Crippen molar-refractivity contribution in [3.8, 4) is 0 Å². The van der Waals surface area contributed by atoms with Gasteiger partial charge >= 0.3 is 6.09 Å². The fourth-order valence-electron chi connectivity index (χ4n) is 3.00. The Hall–Kier alpha value is -0.850. The second-order valence-corrected chi connectivity index (χ2v) is 7.19. The van der Waals surface area contributed by atoms with Gasteiger partial charge in [0, 0.05) is 0 Å². The lowest BCUT2D eigenvalue weighted by Gasteiger charge is -2.30. The maximum Gasteiger partial charge on any atom is 0.407 e. The van der Waals surface area contributed by atoms with Crippen molar-refractivity contribution in [2.75, 3.05) is 0 Å². The monoisotopic (exact) mass is 285 g/mol. The first-order valence-corrected chi connectivity index (χ1v) is 7.15. The van der Waals surface area contributed by atoms with E-state index >= 15 is 0 Å². The predicted octanol–water partition coefficient (Wildman–Crippen LogP) is 1.57. The van der Waals surface area contributed by atoms with Crippen molar-refractivity contribution in [3.05, 3.63) is 0 Å². The average molecular weight is 285 g/mol. The minimum absolute atomic E-state index is 0.108. The fraction of sp³-hybridized carbons (Fsp3) is 0.929. The Balaban J connectivity index is 1.66. The van der Waals surface area contributed by atoms with Gasteiger partial charge in [-0.05, 0) is 41.0 Å². The topological polar surface area (TPSA) is 69.3 Å². The summed E-state index contributed by atoms with van der Waals surface area (Å²) in [6.45, 7) is 9.29. The summed E-state index contributed by atoms with van der Waals surface area (Å²) in [4.78, 5) is 11.9. The van der Waals surface area contributed by atoms with Gasteiger partial charge in [-0.25, -0.2) is 4.79 Å². The molecular formula is C14H23NO5. The van der Waals surface area contributed by atoms with E-state index in [4.69, 9.17) is 18.9 Å². The summed E-state index contributed by atoms with van der Waals surface area (Å²) in [7, 11) is 0. The number of carbonyl (C=O) groups is 1. The lowest BCUT2D eigenvalue weighted by molar-refractivity contribution is -0.149. The third-order valence-electron chi connectivity index (χ3n) is 3.69. The molecule has 0 aromatic carbocycles. The molecule has 3 rings (SSSR count). The first-order valence-electron chi connectivity index (χ1n) is 7.15. The summed E-state index contributed by atoms with van der Waals surface area (Å²) in [5.41, 5.74) is -0.511. The number of nitrogens with one attached hydrogen (secondary N) is 1. The van der Waals surface area contributed by atoms with Gasteiger partial charge in [0.1, 0.15) is 23.9 Å². The Morgan fingerprint density at radius 3 is 2.50 bits per heavy atom. The van der Waals surface area contributed by atoms with Crippen LogP contribution < -0.4 is 5.32 Å². The highest BCUT2D eigenvalue weighted by molar-refractivity contribution is 5.68. The number of ether oxygens (including phenoxy) is 4. The Morgan fingerprint density at radius 2 is 1.85 bits per heavy atom. The Morgan fingerprint density at radius 1 is 1.20 bits per heavy atom. The minimum Gasteiger partial charge on any atom is -0.444 e. The lowest BCUT2D eigenvalue weighted by atomic mass is 9.90. The van der Waals surface area contributed by atoms with Crippen LogP contribution >= 0.6 is 0 Å². The molecule has 1 saturated carbocycles. The van der Waals surface area contributed by atoms with E-state index in [1.807, 2.05) is 34.6 Å². The number of epoxide rings is 1. The Kier molecular flexibility index (Phi) is 3.05. The van der Waals surface area contributed by atoms with Crippen LogP contribution in [0.1, 0.15) is 41.0 Å². The largest absolute Gasteiger partial charge is 0.444 e. The van der Waals surface area contributed by atoms with E-state index in [0.29, 0.717) is 0 Å². The molecule has 5 atom stereocenters. The molecule has 0 spiro atoms. The van der Waals surface area contributed by atoms with Crippen LogP contribution in [0.3, 0.4) is 0 Å². The smallest absolute Gasteiger partial charge is 0.407 e. The van der Waals surface area contributed by atoms with E-state index in [-0.39, 0.29) is 30.5 Å². The van der Waals surface area contributed by atoms with Gasteiger partial charge in [-0.2, -0.15) is 0 Å². The van der Waals surface area contributed by atoms with Crippen LogP contribution in [0.5, 0.6) is 0 Å². The SMILES string of the molecule is CC(C)(C)OC(=O)N[C@@H]1C[C@@H]2O[C@@H]2[C@H]2OC(C)(C)O[C@H]21. The van der Waals surface area contributed by atoms with Crippen molar-refractivity contribution >= 4 is 6.09 Å². The Labute approximate surface area is 119 Å². The van der Waals surface area contributed by atoms with Crippen molar-refractivity contribution in [2.24, 2.45) is 0 Å². The van der Waals surface area contributed by atoms with Crippen molar-refractivity contribution in [1.29, 1.82) is 0 Å². The number of amides is 1. The molecule has 2 aliphatic heterocycles. The molecule has 0 aromatic rings. The number of carbonyl (C=O) groups excluding carboxylic acids is 1. The number of fused-ring (bicyclic) bond motifs is 3. The van der Waals surface area contributed by atoms with Gasteiger partial charge < -0.3 is 24.3 Å². The van der Waals surface area contributed by atoms with Crippen LogP contribution in [0.25, 0.3) is 0 Å². The number of hydrogen-bond acceptors (Lipinski definition) is 5. The second-order valence-electron chi connectivity index (χ2n) is 7.19. The number of alkyl carbamates (subject to hydrolysis) is 1. The van der Waals surface area contributed by atoms with Crippen LogP contribution in [0.2, 0.25) is 0 Å². The zero-order valence-electron chi connectivity index (χ0n) is 12.6. The van der Waals surface area contributed by atoms with Crippen molar-refractivity contribution in [2.45, 2.75) is 82.9 Å². The van der Waals surface area contributed by atoms with Crippen molar-refractivity contribution in [3.63, 3.8) is 0 Å².